The van der Waals surface area contributed by atoms with Crippen molar-refractivity contribution in [1.82, 2.24) is 0 Å². The van der Waals surface area contributed by atoms with E-state index in [9.17, 15) is 9.18 Å². The van der Waals surface area contributed by atoms with Crippen LogP contribution in [0, 0.1) is 5.82 Å². The van der Waals surface area contributed by atoms with Gasteiger partial charge in [0.15, 0.2) is 5.75 Å². The summed E-state index contributed by atoms with van der Waals surface area (Å²) in [5.41, 5.74) is 13.1. The Labute approximate surface area is 94.4 Å². The Kier molecular flexibility index (Phi) is 3.93. The summed E-state index contributed by atoms with van der Waals surface area (Å²) in [6, 6.07) is 2.00. The first-order valence-electron chi connectivity index (χ1n) is 4.00. The van der Waals surface area contributed by atoms with Gasteiger partial charge in [-0.25, -0.2) is 9.18 Å². The molecule has 0 saturated carbocycles. The molecule has 0 aromatic heterocycles. The van der Waals surface area contributed by atoms with Gasteiger partial charge in [0.1, 0.15) is 5.82 Å². The summed E-state index contributed by atoms with van der Waals surface area (Å²) in [5, 5.41) is 3.09. The van der Waals surface area contributed by atoms with Crippen LogP contribution in [0.5, 0.6) is 5.75 Å². The molecule has 0 atom stereocenters. The summed E-state index contributed by atoms with van der Waals surface area (Å²) in [4.78, 5) is 13.1. The van der Waals surface area contributed by atoms with Crippen LogP contribution in [0.2, 0.25) is 5.02 Å². The lowest BCUT2D eigenvalue weighted by atomic mass is 10.2. The minimum Gasteiger partial charge on any atom is -0.409 e. The number of hydrogen-bond donors (Lipinski definition) is 1. The van der Waals surface area contributed by atoms with Crippen LogP contribution < -0.4 is 10.5 Å². The number of nitrogens with zero attached hydrogens (tertiary/aromatic N) is 3. The van der Waals surface area contributed by atoms with Crippen molar-refractivity contribution >= 4 is 17.7 Å². The number of primary amides is 1. The van der Waals surface area contributed by atoms with Gasteiger partial charge in [0.2, 0.25) is 0 Å². The van der Waals surface area contributed by atoms with Crippen LogP contribution in [0.25, 0.3) is 10.4 Å². The van der Waals surface area contributed by atoms with E-state index in [1.54, 1.807) is 0 Å². The minimum absolute atomic E-state index is 0.108. The quantitative estimate of drug-likeness (QED) is 0.502. The lowest BCUT2D eigenvalue weighted by Gasteiger charge is -2.08. The fourth-order valence-corrected chi connectivity index (χ4v) is 1.32. The van der Waals surface area contributed by atoms with E-state index < -0.39 is 11.9 Å². The second-order valence-electron chi connectivity index (χ2n) is 2.69. The van der Waals surface area contributed by atoms with E-state index in [-0.39, 0.29) is 22.9 Å². The van der Waals surface area contributed by atoms with E-state index in [2.05, 4.69) is 14.8 Å². The number of carbonyl (C=O) groups is 1. The molecule has 0 fully saturated rings. The van der Waals surface area contributed by atoms with Gasteiger partial charge in [-0.1, -0.05) is 16.7 Å². The molecule has 0 radical (unpaired) electrons. The molecule has 0 aliphatic carbocycles. The average Bonchev–Trinajstić information content (AvgIpc) is 2.19. The van der Waals surface area contributed by atoms with E-state index in [4.69, 9.17) is 22.9 Å². The monoisotopic (exact) mass is 244 g/mol. The van der Waals surface area contributed by atoms with Gasteiger partial charge in [-0.3, -0.25) is 0 Å². The Morgan fingerprint density at radius 3 is 2.94 bits per heavy atom. The lowest BCUT2D eigenvalue weighted by molar-refractivity contribution is 0.210. The van der Waals surface area contributed by atoms with E-state index in [0.717, 1.165) is 12.1 Å². The van der Waals surface area contributed by atoms with E-state index in [1.807, 2.05) is 0 Å². The van der Waals surface area contributed by atoms with Crippen molar-refractivity contribution in [1.29, 1.82) is 0 Å². The predicted molar refractivity (Wildman–Crippen MR) is 54.5 cm³/mol. The van der Waals surface area contributed by atoms with Crippen LogP contribution >= 0.6 is 11.6 Å². The van der Waals surface area contributed by atoms with Gasteiger partial charge in [0.05, 0.1) is 11.6 Å². The molecule has 84 valence electrons. The number of amides is 1. The maximum absolute atomic E-state index is 13.0. The molecule has 0 heterocycles. The fourth-order valence-electron chi connectivity index (χ4n) is 1.05. The Balaban J connectivity index is 3.19. The third kappa shape index (κ3) is 3.01. The molecule has 1 amide bonds. The molecule has 0 aliphatic heterocycles. The Hall–Kier alpha value is -1.98. The first-order valence-corrected chi connectivity index (χ1v) is 4.38. The predicted octanol–water partition coefficient (Wildman–Crippen LogP) is 2.75. The van der Waals surface area contributed by atoms with Crippen LogP contribution in [-0.2, 0) is 6.54 Å². The van der Waals surface area contributed by atoms with Crippen LogP contribution in [0.3, 0.4) is 0 Å². The molecule has 1 rings (SSSR count). The van der Waals surface area contributed by atoms with Crippen molar-refractivity contribution in [3.63, 3.8) is 0 Å². The van der Waals surface area contributed by atoms with Gasteiger partial charge in [0, 0.05) is 10.5 Å². The van der Waals surface area contributed by atoms with Crippen LogP contribution in [0.4, 0.5) is 9.18 Å². The van der Waals surface area contributed by atoms with E-state index in [1.165, 1.54) is 0 Å². The van der Waals surface area contributed by atoms with Crippen molar-refractivity contribution < 1.29 is 13.9 Å². The molecule has 0 unspecified atom stereocenters. The number of carbonyl (C=O) groups excluding carboxylic acids is 1. The van der Waals surface area contributed by atoms with Gasteiger partial charge in [-0.05, 0) is 17.7 Å². The van der Waals surface area contributed by atoms with Gasteiger partial charge in [-0.2, -0.15) is 0 Å². The molecule has 1 aromatic carbocycles. The van der Waals surface area contributed by atoms with Crippen molar-refractivity contribution in [3.05, 3.63) is 39.0 Å². The Bertz CT molecular complexity index is 473. The highest BCUT2D eigenvalue weighted by Gasteiger charge is 2.13. The van der Waals surface area contributed by atoms with E-state index in [0.29, 0.717) is 0 Å². The van der Waals surface area contributed by atoms with Gasteiger partial charge in [0.25, 0.3) is 0 Å². The highest BCUT2D eigenvalue weighted by Crippen LogP contribution is 2.30. The van der Waals surface area contributed by atoms with Gasteiger partial charge < -0.3 is 10.5 Å². The molecule has 6 nitrogen and oxygen atoms in total. The zero-order valence-corrected chi connectivity index (χ0v) is 8.61. The number of hydrogen-bond acceptors (Lipinski definition) is 3. The van der Waals surface area contributed by atoms with Gasteiger partial charge in [-0.15, -0.1) is 0 Å². The molecular formula is C8H6ClFN4O2. The standard InChI is InChI=1S/C8H6ClFN4O2/c9-6-2-5(10)1-4(3-13-14-12)7(6)16-8(11)15/h1-2H,3H2,(H2,11,15). The zero-order chi connectivity index (χ0) is 12.1. The summed E-state index contributed by atoms with van der Waals surface area (Å²) >= 11 is 5.65. The van der Waals surface area contributed by atoms with Crippen LogP contribution in [0.15, 0.2) is 17.2 Å². The second-order valence-corrected chi connectivity index (χ2v) is 3.09. The molecule has 2 N–H and O–H groups in total. The van der Waals surface area contributed by atoms with Crippen LogP contribution in [-0.4, -0.2) is 6.09 Å². The molecule has 1 aromatic rings. The Morgan fingerprint density at radius 1 is 1.69 bits per heavy atom. The van der Waals surface area contributed by atoms with Crippen molar-refractivity contribution in [2.75, 3.05) is 0 Å². The van der Waals surface area contributed by atoms with Crippen molar-refractivity contribution in [2.45, 2.75) is 6.54 Å². The number of benzene rings is 1. The molecule has 0 aliphatic rings. The Morgan fingerprint density at radius 2 is 2.38 bits per heavy atom. The number of ether oxygens (including phenoxy) is 1. The summed E-state index contributed by atoms with van der Waals surface area (Å²) in [6.07, 6.45) is -1.09. The normalized spacial score (nSPS) is 9.38. The maximum Gasteiger partial charge on any atom is 0.410 e. The van der Waals surface area contributed by atoms with Gasteiger partial charge >= 0.3 is 6.09 Å². The highest BCUT2D eigenvalue weighted by molar-refractivity contribution is 6.32. The summed E-state index contributed by atoms with van der Waals surface area (Å²) < 4.78 is 17.6. The smallest absolute Gasteiger partial charge is 0.409 e. The molecule has 0 bridgehead atoms. The topological polar surface area (TPSA) is 101 Å². The van der Waals surface area contributed by atoms with Crippen LogP contribution in [0.1, 0.15) is 5.56 Å². The summed E-state index contributed by atoms with van der Waals surface area (Å²) in [5.74, 6) is -0.743. The fraction of sp³-hybridized carbons (Fsp3) is 0.125. The molecule has 16 heavy (non-hydrogen) atoms. The second kappa shape index (κ2) is 5.20. The largest absolute Gasteiger partial charge is 0.410 e. The lowest BCUT2D eigenvalue weighted by Crippen LogP contribution is -2.17. The molecule has 0 saturated heterocycles. The van der Waals surface area contributed by atoms with E-state index >= 15 is 0 Å². The SMILES string of the molecule is [N-]=[N+]=NCc1cc(F)cc(Cl)c1OC(N)=O. The summed E-state index contributed by atoms with van der Waals surface area (Å²) in [6.45, 7) is -0.198. The number of rotatable bonds is 3. The maximum atomic E-state index is 13.0. The van der Waals surface area contributed by atoms with Crippen molar-refractivity contribution in [2.24, 2.45) is 10.8 Å². The van der Waals surface area contributed by atoms with Crippen molar-refractivity contribution in [3.8, 4) is 5.75 Å². The number of halogens is 2. The third-order valence-electron chi connectivity index (χ3n) is 1.59. The number of nitrogens with two attached hydrogens (primary N) is 1. The molecule has 8 heteroatoms. The summed E-state index contributed by atoms with van der Waals surface area (Å²) in [7, 11) is 0. The number of azide groups is 1. The average molecular weight is 245 g/mol. The first-order chi connectivity index (χ1) is 7.54. The molecular weight excluding hydrogens is 239 g/mol. The molecule has 0 spiro atoms. The third-order valence-corrected chi connectivity index (χ3v) is 1.87. The highest BCUT2D eigenvalue weighted by atomic mass is 35.5. The minimum atomic E-state index is -1.09. The first kappa shape index (κ1) is 12.1. The zero-order valence-electron chi connectivity index (χ0n) is 7.85.